The fourth-order valence-corrected chi connectivity index (χ4v) is 4.62. The summed E-state index contributed by atoms with van der Waals surface area (Å²) in [6, 6.07) is 9.70. The van der Waals surface area contributed by atoms with Crippen LogP contribution in [0, 0.1) is 0 Å². The Morgan fingerprint density at radius 1 is 1.21 bits per heavy atom. The maximum Gasteiger partial charge on any atom is 0.230 e. The summed E-state index contributed by atoms with van der Waals surface area (Å²) in [5.74, 6) is 1.57. The van der Waals surface area contributed by atoms with Crippen molar-refractivity contribution >= 4 is 10.0 Å². The zero-order valence-corrected chi connectivity index (χ0v) is 14.7. The van der Waals surface area contributed by atoms with E-state index in [0.29, 0.717) is 31.2 Å². The summed E-state index contributed by atoms with van der Waals surface area (Å²) in [6.45, 7) is 3.06. The van der Waals surface area contributed by atoms with Crippen LogP contribution in [-0.2, 0) is 10.0 Å². The van der Waals surface area contributed by atoms with E-state index in [1.54, 1.807) is 4.31 Å². The molecule has 0 amide bonds. The topological polar surface area (TPSA) is 76.3 Å². The molecule has 0 atom stereocenters. The van der Waals surface area contributed by atoms with E-state index in [1.807, 2.05) is 37.3 Å². The second-order valence-electron chi connectivity index (χ2n) is 6.17. The van der Waals surface area contributed by atoms with Crippen molar-refractivity contribution in [3.05, 3.63) is 36.2 Å². The molecule has 0 bridgehead atoms. The Kier molecular flexibility index (Phi) is 5.30. The third-order valence-corrected chi connectivity index (χ3v) is 6.38. The predicted molar refractivity (Wildman–Crippen MR) is 92.0 cm³/mol. The predicted octanol–water partition coefficient (Wildman–Crippen LogP) is 3.05. The van der Waals surface area contributed by atoms with Gasteiger partial charge in [0, 0.05) is 24.6 Å². The molecular weight excluding hydrogens is 326 g/mol. The third-order valence-electron chi connectivity index (χ3n) is 4.43. The number of hydrogen-bond donors (Lipinski definition) is 0. The SMILES string of the molecule is CCCCS(=O)(=O)N1CCC(c2nc(-c3ccccc3)no2)CC1. The molecule has 3 rings (SSSR count). The molecule has 130 valence electrons. The fourth-order valence-electron chi connectivity index (χ4n) is 2.94. The first kappa shape index (κ1) is 17.1. The van der Waals surface area contributed by atoms with Gasteiger partial charge in [-0.1, -0.05) is 48.8 Å². The minimum absolute atomic E-state index is 0.132. The molecule has 0 unspecified atom stereocenters. The molecule has 1 aliphatic rings. The van der Waals surface area contributed by atoms with Gasteiger partial charge in [-0.15, -0.1) is 0 Å². The summed E-state index contributed by atoms with van der Waals surface area (Å²) in [6.07, 6.45) is 3.05. The van der Waals surface area contributed by atoms with Gasteiger partial charge < -0.3 is 4.52 Å². The first-order valence-corrected chi connectivity index (χ1v) is 10.1. The van der Waals surface area contributed by atoms with Crippen LogP contribution in [0.15, 0.2) is 34.9 Å². The molecule has 6 nitrogen and oxygen atoms in total. The van der Waals surface area contributed by atoms with Crippen molar-refractivity contribution < 1.29 is 12.9 Å². The molecule has 2 aromatic rings. The van der Waals surface area contributed by atoms with E-state index >= 15 is 0 Å². The lowest BCUT2D eigenvalue weighted by Gasteiger charge is -2.29. The summed E-state index contributed by atoms with van der Waals surface area (Å²) < 4.78 is 31.5. The smallest absolute Gasteiger partial charge is 0.230 e. The van der Waals surface area contributed by atoms with E-state index < -0.39 is 10.0 Å². The molecule has 0 saturated carbocycles. The van der Waals surface area contributed by atoms with Crippen molar-refractivity contribution in [3.8, 4) is 11.4 Å². The van der Waals surface area contributed by atoms with Crippen LogP contribution in [0.1, 0.15) is 44.4 Å². The number of hydrogen-bond acceptors (Lipinski definition) is 5. The standard InChI is InChI=1S/C17H23N3O3S/c1-2-3-13-24(21,22)20-11-9-15(10-12-20)17-18-16(19-23-17)14-7-5-4-6-8-14/h4-8,15H,2-3,9-13H2,1H3. The molecule has 2 heterocycles. The number of aromatic nitrogens is 2. The van der Waals surface area contributed by atoms with Gasteiger partial charge in [-0.2, -0.15) is 4.98 Å². The van der Waals surface area contributed by atoms with Crippen LogP contribution in [-0.4, -0.2) is 41.7 Å². The number of sulfonamides is 1. The molecule has 0 aliphatic carbocycles. The van der Waals surface area contributed by atoms with Gasteiger partial charge in [0.05, 0.1) is 5.75 Å². The highest BCUT2D eigenvalue weighted by Crippen LogP contribution is 2.29. The largest absolute Gasteiger partial charge is 0.339 e. The lowest BCUT2D eigenvalue weighted by molar-refractivity contribution is 0.270. The molecule has 1 aromatic carbocycles. The molecule has 0 N–H and O–H groups in total. The first-order chi connectivity index (χ1) is 11.6. The number of unbranched alkanes of at least 4 members (excludes halogenated alkanes) is 1. The Morgan fingerprint density at radius 2 is 1.92 bits per heavy atom. The minimum Gasteiger partial charge on any atom is -0.339 e. The Labute approximate surface area is 142 Å². The lowest BCUT2D eigenvalue weighted by Crippen LogP contribution is -2.39. The molecule has 1 aliphatic heterocycles. The van der Waals surface area contributed by atoms with Crippen molar-refractivity contribution in [2.24, 2.45) is 0 Å². The van der Waals surface area contributed by atoms with Gasteiger partial charge >= 0.3 is 0 Å². The summed E-state index contributed by atoms with van der Waals surface area (Å²) in [7, 11) is -3.12. The van der Waals surface area contributed by atoms with Gasteiger partial charge in [0.15, 0.2) is 0 Å². The summed E-state index contributed by atoms with van der Waals surface area (Å²) in [5, 5.41) is 4.05. The van der Waals surface area contributed by atoms with E-state index in [9.17, 15) is 8.42 Å². The van der Waals surface area contributed by atoms with Gasteiger partial charge in [-0.3, -0.25) is 0 Å². The quantitative estimate of drug-likeness (QED) is 0.801. The van der Waals surface area contributed by atoms with Crippen LogP contribution in [0.4, 0.5) is 0 Å². The third kappa shape index (κ3) is 3.84. The average molecular weight is 349 g/mol. The normalized spacial score (nSPS) is 17.2. The van der Waals surface area contributed by atoms with E-state index in [4.69, 9.17) is 4.52 Å². The Hall–Kier alpha value is -1.73. The number of piperidine rings is 1. The summed E-state index contributed by atoms with van der Waals surface area (Å²) >= 11 is 0. The van der Waals surface area contributed by atoms with Crippen LogP contribution in [0.25, 0.3) is 11.4 Å². The summed E-state index contributed by atoms with van der Waals surface area (Å²) in [5.41, 5.74) is 0.923. The minimum atomic E-state index is -3.12. The monoisotopic (exact) mass is 349 g/mol. The number of benzene rings is 1. The van der Waals surface area contributed by atoms with E-state index in [-0.39, 0.29) is 11.7 Å². The van der Waals surface area contributed by atoms with Gasteiger partial charge in [0.2, 0.25) is 21.7 Å². The maximum absolute atomic E-state index is 12.3. The second kappa shape index (κ2) is 7.44. The van der Waals surface area contributed by atoms with Crippen LogP contribution in [0.2, 0.25) is 0 Å². The number of nitrogens with zero attached hydrogens (tertiary/aromatic N) is 3. The zero-order valence-electron chi connectivity index (χ0n) is 13.9. The zero-order chi connectivity index (χ0) is 17.0. The fraction of sp³-hybridized carbons (Fsp3) is 0.529. The molecular formula is C17H23N3O3S. The molecule has 1 fully saturated rings. The van der Waals surface area contributed by atoms with Crippen LogP contribution in [0.3, 0.4) is 0 Å². The maximum atomic E-state index is 12.3. The van der Waals surface area contributed by atoms with E-state index in [2.05, 4.69) is 10.1 Å². The van der Waals surface area contributed by atoms with Crippen LogP contribution in [0.5, 0.6) is 0 Å². The van der Waals surface area contributed by atoms with Crippen molar-refractivity contribution in [1.82, 2.24) is 14.4 Å². The highest BCUT2D eigenvalue weighted by molar-refractivity contribution is 7.89. The van der Waals surface area contributed by atoms with Crippen LogP contribution < -0.4 is 0 Å². The van der Waals surface area contributed by atoms with Gasteiger partial charge in [-0.05, 0) is 19.3 Å². The first-order valence-electron chi connectivity index (χ1n) is 8.47. The number of rotatable bonds is 6. The highest BCUT2D eigenvalue weighted by atomic mass is 32.2. The Balaban J connectivity index is 1.62. The van der Waals surface area contributed by atoms with Crippen molar-refractivity contribution in [2.45, 2.75) is 38.5 Å². The average Bonchev–Trinajstić information content (AvgIpc) is 3.11. The van der Waals surface area contributed by atoms with Gasteiger partial charge in [-0.25, -0.2) is 12.7 Å². The van der Waals surface area contributed by atoms with E-state index in [0.717, 1.165) is 24.8 Å². The second-order valence-corrected chi connectivity index (χ2v) is 8.25. The molecule has 1 aromatic heterocycles. The Morgan fingerprint density at radius 3 is 2.58 bits per heavy atom. The van der Waals surface area contributed by atoms with Crippen molar-refractivity contribution in [1.29, 1.82) is 0 Å². The summed E-state index contributed by atoms with van der Waals surface area (Å²) in [4.78, 5) is 4.50. The van der Waals surface area contributed by atoms with Crippen LogP contribution >= 0.6 is 0 Å². The molecule has 24 heavy (non-hydrogen) atoms. The van der Waals surface area contributed by atoms with Crippen molar-refractivity contribution in [2.75, 3.05) is 18.8 Å². The van der Waals surface area contributed by atoms with Crippen molar-refractivity contribution in [3.63, 3.8) is 0 Å². The van der Waals surface area contributed by atoms with Gasteiger partial charge in [0.25, 0.3) is 0 Å². The molecule has 7 heteroatoms. The molecule has 1 saturated heterocycles. The highest BCUT2D eigenvalue weighted by Gasteiger charge is 2.30. The lowest BCUT2D eigenvalue weighted by atomic mass is 9.98. The van der Waals surface area contributed by atoms with Gasteiger partial charge in [0.1, 0.15) is 0 Å². The Bertz CT molecular complexity index is 750. The molecule has 0 radical (unpaired) electrons. The molecule has 0 spiro atoms. The van der Waals surface area contributed by atoms with E-state index in [1.165, 1.54) is 0 Å².